The van der Waals surface area contributed by atoms with Crippen molar-refractivity contribution >= 4 is 5.91 Å². The van der Waals surface area contributed by atoms with Crippen LogP contribution in [0.3, 0.4) is 0 Å². The molecule has 0 bridgehead atoms. The maximum absolute atomic E-state index is 12.8. The number of rotatable bonds is 5. The highest BCUT2D eigenvalue weighted by Crippen LogP contribution is 2.32. The Labute approximate surface area is 123 Å². The lowest BCUT2D eigenvalue weighted by Gasteiger charge is -2.45. The summed E-state index contributed by atoms with van der Waals surface area (Å²) in [5.41, 5.74) is 5.71. The van der Waals surface area contributed by atoms with Gasteiger partial charge in [-0.15, -0.1) is 0 Å². The molecule has 0 aromatic carbocycles. The quantitative estimate of drug-likeness (QED) is 0.791. The molecule has 1 saturated heterocycles. The third kappa shape index (κ3) is 3.51. The van der Waals surface area contributed by atoms with Crippen molar-refractivity contribution in [3.63, 3.8) is 0 Å². The molecule has 2 aliphatic rings. The molecule has 1 heterocycles. The van der Waals surface area contributed by atoms with Gasteiger partial charge in [-0.1, -0.05) is 0 Å². The molecule has 1 aliphatic carbocycles. The van der Waals surface area contributed by atoms with E-state index in [9.17, 15) is 4.79 Å². The molecule has 0 unspecified atom stereocenters. The van der Waals surface area contributed by atoms with Crippen LogP contribution in [-0.2, 0) is 4.79 Å². The number of hydrogen-bond donors (Lipinski definition) is 1. The summed E-state index contributed by atoms with van der Waals surface area (Å²) in [5, 5.41) is 0. The van der Waals surface area contributed by atoms with Gasteiger partial charge in [-0.25, -0.2) is 0 Å². The Hall–Kier alpha value is -0.650. The van der Waals surface area contributed by atoms with E-state index in [4.69, 9.17) is 5.73 Å². The number of piperidine rings is 1. The fourth-order valence-electron chi connectivity index (χ4n) is 3.12. The molecular formula is C15H30N4O. The lowest BCUT2D eigenvalue weighted by atomic mass is 9.76. The Morgan fingerprint density at radius 1 is 1.25 bits per heavy atom. The minimum Gasteiger partial charge on any atom is -0.337 e. The average Bonchev–Trinajstić information content (AvgIpc) is 2.37. The molecule has 0 atom stereocenters. The summed E-state index contributed by atoms with van der Waals surface area (Å²) in [6, 6.07) is 0.375. The molecule has 1 saturated carbocycles. The number of likely N-dealkylation sites (N-methyl/N-ethyl adjacent to an activating group) is 1. The summed E-state index contributed by atoms with van der Waals surface area (Å²) in [6.45, 7) is 3.87. The lowest BCUT2D eigenvalue weighted by molar-refractivity contribution is -0.143. The molecule has 0 radical (unpaired) electrons. The molecule has 0 spiro atoms. The summed E-state index contributed by atoms with van der Waals surface area (Å²) in [7, 11) is 6.26. The molecular weight excluding hydrogens is 252 g/mol. The van der Waals surface area contributed by atoms with Crippen molar-refractivity contribution in [1.82, 2.24) is 14.7 Å². The Balaban J connectivity index is 2.01. The van der Waals surface area contributed by atoms with Gasteiger partial charge in [0.05, 0.1) is 5.54 Å². The number of carbonyl (C=O) groups is 1. The number of hydrogen-bond acceptors (Lipinski definition) is 4. The first-order valence-corrected chi connectivity index (χ1v) is 7.85. The van der Waals surface area contributed by atoms with Crippen LogP contribution in [-0.4, -0.2) is 79.5 Å². The normalized spacial score (nSPS) is 23.6. The van der Waals surface area contributed by atoms with E-state index >= 15 is 0 Å². The van der Waals surface area contributed by atoms with Gasteiger partial charge in [-0.2, -0.15) is 0 Å². The van der Waals surface area contributed by atoms with Crippen molar-refractivity contribution in [1.29, 1.82) is 0 Å². The minimum absolute atomic E-state index is 0.195. The van der Waals surface area contributed by atoms with Gasteiger partial charge in [0, 0.05) is 19.1 Å². The van der Waals surface area contributed by atoms with Gasteiger partial charge in [-0.3, -0.25) is 4.79 Å². The molecule has 116 valence electrons. The highest BCUT2D eigenvalue weighted by molar-refractivity contribution is 5.87. The molecule has 2 rings (SSSR count). The molecule has 5 heteroatoms. The van der Waals surface area contributed by atoms with Gasteiger partial charge in [0.15, 0.2) is 0 Å². The zero-order valence-electron chi connectivity index (χ0n) is 13.3. The van der Waals surface area contributed by atoms with Crippen LogP contribution in [0.15, 0.2) is 0 Å². The Kier molecular flexibility index (Phi) is 5.04. The maximum atomic E-state index is 12.8. The highest BCUT2D eigenvalue weighted by atomic mass is 16.2. The van der Waals surface area contributed by atoms with E-state index in [-0.39, 0.29) is 5.91 Å². The summed E-state index contributed by atoms with van der Waals surface area (Å²) in [6.07, 6.45) is 4.96. The van der Waals surface area contributed by atoms with E-state index in [0.29, 0.717) is 6.04 Å². The SMILES string of the molecule is CN(C)CCN(C(=O)C1(N)CCC1)C1CCN(C)CC1. The standard InChI is InChI=1S/C15H30N4O/c1-17(2)11-12-19(13-5-9-18(3)10-6-13)14(20)15(16)7-4-8-15/h13H,4-12,16H2,1-3H3. The molecule has 1 aliphatic heterocycles. The molecule has 20 heavy (non-hydrogen) atoms. The number of nitrogens with zero attached hydrogens (tertiary/aromatic N) is 3. The van der Waals surface area contributed by atoms with Crippen molar-refractivity contribution < 1.29 is 4.79 Å². The van der Waals surface area contributed by atoms with Gasteiger partial charge in [0.2, 0.25) is 5.91 Å². The van der Waals surface area contributed by atoms with E-state index in [0.717, 1.165) is 58.3 Å². The zero-order valence-corrected chi connectivity index (χ0v) is 13.3. The molecule has 2 N–H and O–H groups in total. The van der Waals surface area contributed by atoms with E-state index in [1.807, 2.05) is 0 Å². The second-order valence-corrected chi connectivity index (χ2v) is 6.85. The monoisotopic (exact) mass is 282 g/mol. The van der Waals surface area contributed by atoms with Crippen molar-refractivity contribution in [2.24, 2.45) is 5.73 Å². The number of nitrogens with two attached hydrogens (primary N) is 1. The van der Waals surface area contributed by atoms with Crippen LogP contribution in [0, 0.1) is 0 Å². The number of carbonyl (C=O) groups excluding carboxylic acids is 1. The van der Waals surface area contributed by atoms with Crippen molar-refractivity contribution in [2.75, 3.05) is 47.3 Å². The first-order chi connectivity index (χ1) is 9.42. The summed E-state index contributed by atoms with van der Waals surface area (Å²) >= 11 is 0. The third-order valence-electron chi connectivity index (χ3n) is 4.85. The number of likely N-dealkylation sites (tertiary alicyclic amines) is 1. The Morgan fingerprint density at radius 3 is 2.30 bits per heavy atom. The van der Waals surface area contributed by atoms with Crippen LogP contribution in [0.1, 0.15) is 32.1 Å². The number of amides is 1. The average molecular weight is 282 g/mol. The summed E-state index contributed by atoms with van der Waals surface area (Å²) in [4.78, 5) is 19.4. The summed E-state index contributed by atoms with van der Waals surface area (Å²) < 4.78 is 0. The van der Waals surface area contributed by atoms with E-state index in [1.54, 1.807) is 0 Å². The van der Waals surface area contributed by atoms with Gasteiger partial charge >= 0.3 is 0 Å². The lowest BCUT2D eigenvalue weighted by Crippen LogP contribution is -2.63. The van der Waals surface area contributed by atoms with Crippen LogP contribution in [0.5, 0.6) is 0 Å². The van der Waals surface area contributed by atoms with Crippen LogP contribution in [0.4, 0.5) is 0 Å². The fourth-order valence-corrected chi connectivity index (χ4v) is 3.12. The molecule has 0 aromatic heterocycles. The molecule has 0 aromatic rings. The van der Waals surface area contributed by atoms with Gasteiger partial charge in [0.25, 0.3) is 0 Å². The van der Waals surface area contributed by atoms with Crippen LogP contribution in [0.2, 0.25) is 0 Å². The van der Waals surface area contributed by atoms with Crippen LogP contribution >= 0.6 is 0 Å². The van der Waals surface area contributed by atoms with Crippen molar-refractivity contribution in [3.8, 4) is 0 Å². The van der Waals surface area contributed by atoms with Crippen LogP contribution in [0.25, 0.3) is 0 Å². The topological polar surface area (TPSA) is 52.8 Å². The summed E-state index contributed by atoms with van der Waals surface area (Å²) in [5.74, 6) is 0.195. The molecule has 5 nitrogen and oxygen atoms in total. The van der Waals surface area contributed by atoms with Crippen molar-refractivity contribution in [3.05, 3.63) is 0 Å². The first kappa shape index (κ1) is 15.7. The third-order valence-corrected chi connectivity index (χ3v) is 4.85. The molecule has 1 amide bonds. The predicted octanol–water partition coefficient (Wildman–Crippen LogP) is 0.352. The minimum atomic E-state index is -0.560. The van der Waals surface area contributed by atoms with E-state index in [2.05, 4.69) is 35.8 Å². The first-order valence-electron chi connectivity index (χ1n) is 7.85. The van der Waals surface area contributed by atoms with Crippen LogP contribution < -0.4 is 5.73 Å². The second-order valence-electron chi connectivity index (χ2n) is 6.85. The highest BCUT2D eigenvalue weighted by Gasteiger charge is 2.44. The van der Waals surface area contributed by atoms with Gasteiger partial charge in [-0.05, 0) is 66.3 Å². The van der Waals surface area contributed by atoms with Gasteiger partial charge in [0.1, 0.15) is 0 Å². The fraction of sp³-hybridized carbons (Fsp3) is 0.933. The maximum Gasteiger partial charge on any atom is 0.242 e. The molecule has 2 fully saturated rings. The zero-order chi connectivity index (χ0) is 14.8. The van der Waals surface area contributed by atoms with Crippen molar-refractivity contribution in [2.45, 2.75) is 43.7 Å². The largest absolute Gasteiger partial charge is 0.337 e. The smallest absolute Gasteiger partial charge is 0.242 e. The second kappa shape index (κ2) is 6.41. The van der Waals surface area contributed by atoms with Gasteiger partial charge < -0.3 is 20.4 Å². The Morgan fingerprint density at radius 2 is 1.85 bits per heavy atom. The van der Waals surface area contributed by atoms with E-state index in [1.165, 1.54) is 0 Å². The predicted molar refractivity (Wildman–Crippen MR) is 81.6 cm³/mol. The van der Waals surface area contributed by atoms with E-state index < -0.39 is 5.54 Å². The Bertz CT molecular complexity index is 333.